The molecule has 1 atom stereocenters. The molecule has 1 saturated heterocycles. The van der Waals surface area contributed by atoms with E-state index in [1.54, 1.807) is 11.2 Å². The first-order valence-electron chi connectivity index (χ1n) is 9.45. The molecule has 0 bridgehead atoms. The molecule has 2 aromatic heterocycles. The van der Waals surface area contributed by atoms with E-state index in [9.17, 15) is 4.79 Å². The van der Waals surface area contributed by atoms with E-state index in [1.807, 2.05) is 25.4 Å². The lowest BCUT2D eigenvalue weighted by molar-refractivity contribution is -0.129. The summed E-state index contributed by atoms with van der Waals surface area (Å²) < 4.78 is 0. The van der Waals surface area contributed by atoms with Crippen LogP contribution >= 0.6 is 11.3 Å². The second-order valence-electron chi connectivity index (χ2n) is 7.78. The molecule has 0 N–H and O–H groups in total. The van der Waals surface area contributed by atoms with Crippen LogP contribution in [-0.2, 0) is 17.6 Å². The van der Waals surface area contributed by atoms with Crippen LogP contribution in [0.1, 0.15) is 23.8 Å². The van der Waals surface area contributed by atoms with E-state index >= 15 is 0 Å². The van der Waals surface area contributed by atoms with E-state index < -0.39 is 0 Å². The Morgan fingerprint density at radius 2 is 2.04 bits per heavy atom. The van der Waals surface area contributed by atoms with Gasteiger partial charge in [-0.3, -0.25) is 9.69 Å². The van der Waals surface area contributed by atoms with E-state index in [1.165, 1.54) is 28.7 Å². The van der Waals surface area contributed by atoms with E-state index in [2.05, 4.69) is 26.7 Å². The Labute approximate surface area is 158 Å². The molecule has 1 aliphatic heterocycles. The molecule has 26 heavy (non-hydrogen) atoms. The number of amides is 1. The highest BCUT2D eigenvalue weighted by molar-refractivity contribution is 7.19. The topological polar surface area (TPSA) is 52.6 Å². The van der Waals surface area contributed by atoms with Gasteiger partial charge in [0.15, 0.2) is 0 Å². The van der Waals surface area contributed by atoms with Gasteiger partial charge in [0.25, 0.3) is 0 Å². The lowest BCUT2D eigenvalue weighted by atomic mass is 9.89. The van der Waals surface area contributed by atoms with E-state index in [-0.39, 0.29) is 5.91 Å². The minimum Gasteiger partial charge on any atom is -0.353 e. The second-order valence-corrected chi connectivity index (χ2v) is 8.86. The Balaban J connectivity index is 1.54. The first-order valence-corrected chi connectivity index (χ1v) is 10.3. The summed E-state index contributed by atoms with van der Waals surface area (Å²) in [7, 11) is 3.63. The molecule has 6 nitrogen and oxygen atoms in total. The van der Waals surface area contributed by atoms with E-state index in [0.717, 1.165) is 49.2 Å². The molecule has 0 spiro atoms. The number of aryl methyl sites for hydroxylation is 1. The van der Waals surface area contributed by atoms with Crippen molar-refractivity contribution in [1.82, 2.24) is 19.8 Å². The van der Waals surface area contributed by atoms with Gasteiger partial charge in [0.2, 0.25) is 5.91 Å². The van der Waals surface area contributed by atoms with E-state index in [0.29, 0.717) is 6.54 Å². The van der Waals surface area contributed by atoms with Crippen LogP contribution in [0.2, 0.25) is 0 Å². The molecule has 1 amide bonds. The zero-order chi connectivity index (χ0) is 18.3. The van der Waals surface area contributed by atoms with Gasteiger partial charge in [0.1, 0.15) is 17.0 Å². The van der Waals surface area contributed by atoms with Crippen molar-refractivity contribution in [3.05, 3.63) is 16.8 Å². The number of rotatable bonds is 3. The Morgan fingerprint density at radius 3 is 2.77 bits per heavy atom. The van der Waals surface area contributed by atoms with Crippen molar-refractivity contribution in [3.8, 4) is 0 Å². The number of carbonyl (C=O) groups excluding carboxylic acids is 1. The van der Waals surface area contributed by atoms with Gasteiger partial charge in [0.05, 0.1) is 11.9 Å². The van der Waals surface area contributed by atoms with Gasteiger partial charge >= 0.3 is 0 Å². The van der Waals surface area contributed by atoms with Crippen LogP contribution in [0.4, 0.5) is 5.82 Å². The minimum atomic E-state index is 0.170. The van der Waals surface area contributed by atoms with Crippen molar-refractivity contribution in [2.24, 2.45) is 5.92 Å². The lowest BCUT2D eigenvalue weighted by Crippen LogP contribution is -2.49. The molecule has 0 radical (unpaired) electrons. The molecule has 7 heteroatoms. The number of nitrogens with zero attached hydrogens (tertiary/aromatic N) is 5. The molecule has 2 aliphatic rings. The minimum absolute atomic E-state index is 0.170. The molecule has 2 aromatic rings. The SMILES string of the molecule is C[C@@H]1CCc2c(sc3ncnc(N4CCN(CC(=O)N(C)C)CC4)c23)C1. The molecule has 1 fully saturated rings. The predicted octanol–water partition coefficient (Wildman–Crippen LogP) is 2.03. The summed E-state index contributed by atoms with van der Waals surface area (Å²) in [5.74, 6) is 2.04. The fourth-order valence-corrected chi connectivity index (χ4v) is 5.29. The number of likely N-dealkylation sites (N-methyl/N-ethyl adjacent to an activating group) is 1. The highest BCUT2D eigenvalue weighted by Gasteiger charge is 2.27. The average molecular weight is 374 g/mol. The summed E-state index contributed by atoms with van der Waals surface area (Å²) in [6.07, 6.45) is 5.29. The number of carbonyl (C=O) groups is 1. The zero-order valence-corrected chi connectivity index (χ0v) is 16.7. The standard InChI is InChI=1S/C19H27N5OS/c1-13-4-5-14-15(10-13)26-19-17(14)18(20-12-21-19)24-8-6-23(7-9-24)11-16(25)22(2)3/h12-13H,4-11H2,1-3H3/t13-/m1/s1. The van der Waals surface area contributed by atoms with Crippen molar-refractivity contribution >= 4 is 33.3 Å². The second kappa shape index (κ2) is 7.12. The normalized spacial score (nSPS) is 21.0. The van der Waals surface area contributed by atoms with Gasteiger partial charge in [-0.1, -0.05) is 6.92 Å². The summed E-state index contributed by atoms with van der Waals surface area (Å²) in [6, 6.07) is 0. The van der Waals surface area contributed by atoms with Gasteiger partial charge in [-0.25, -0.2) is 9.97 Å². The van der Waals surface area contributed by atoms with Crippen LogP contribution in [0, 0.1) is 5.92 Å². The highest BCUT2D eigenvalue weighted by atomic mass is 32.1. The van der Waals surface area contributed by atoms with Crippen molar-refractivity contribution < 1.29 is 4.79 Å². The number of aromatic nitrogens is 2. The largest absolute Gasteiger partial charge is 0.353 e. The molecule has 1 aliphatic carbocycles. The monoisotopic (exact) mass is 373 g/mol. The van der Waals surface area contributed by atoms with Crippen molar-refractivity contribution in [2.75, 3.05) is 51.7 Å². The number of anilines is 1. The van der Waals surface area contributed by atoms with Gasteiger partial charge in [-0.2, -0.15) is 0 Å². The quantitative estimate of drug-likeness (QED) is 0.824. The van der Waals surface area contributed by atoms with Crippen LogP contribution in [0.15, 0.2) is 6.33 Å². The Hall–Kier alpha value is -1.73. The number of hydrogen-bond donors (Lipinski definition) is 0. The third-order valence-corrected chi connectivity index (χ3v) is 6.76. The van der Waals surface area contributed by atoms with Gasteiger partial charge in [-0.05, 0) is 30.7 Å². The average Bonchev–Trinajstić information content (AvgIpc) is 2.99. The van der Waals surface area contributed by atoms with Crippen molar-refractivity contribution in [2.45, 2.75) is 26.2 Å². The molecule has 0 aromatic carbocycles. The van der Waals surface area contributed by atoms with Crippen LogP contribution in [0.25, 0.3) is 10.2 Å². The van der Waals surface area contributed by atoms with Crippen LogP contribution in [0.5, 0.6) is 0 Å². The van der Waals surface area contributed by atoms with Gasteiger partial charge in [0, 0.05) is 45.2 Å². The Kier molecular flexibility index (Phi) is 4.84. The third-order valence-electron chi connectivity index (χ3n) is 5.60. The van der Waals surface area contributed by atoms with Crippen molar-refractivity contribution in [1.29, 1.82) is 0 Å². The number of thiophene rings is 1. The number of fused-ring (bicyclic) bond motifs is 3. The molecule has 0 saturated carbocycles. The number of hydrogen-bond acceptors (Lipinski definition) is 6. The molecule has 140 valence electrons. The molecular formula is C19H27N5OS. The predicted molar refractivity (Wildman–Crippen MR) is 106 cm³/mol. The maximum absolute atomic E-state index is 11.9. The molecular weight excluding hydrogens is 346 g/mol. The third kappa shape index (κ3) is 3.30. The summed E-state index contributed by atoms with van der Waals surface area (Å²) in [5.41, 5.74) is 1.49. The first-order chi connectivity index (χ1) is 12.5. The van der Waals surface area contributed by atoms with Crippen LogP contribution < -0.4 is 4.90 Å². The maximum atomic E-state index is 11.9. The summed E-state index contributed by atoms with van der Waals surface area (Å²) in [4.78, 5) is 30.1. The molecule has 4 rings (SSSR count). The smallest absolute Gasteiger partial charge is 0.236 e. The molecule has 0 unspecified atom stereocenters. The summed E-state index contributed by atoms with van der Waals surface area (Å²) >= 11 is 1.86. The van der Waals surface area contributed by atoms with Crippen LogP contribution in [-0.4, -0.2) is 72.5 Å². The summed E-state index contributed by atoms with van der Waals surface area (Å²) in [6.45, 7) is 6.46. The summed E-state index contributed by atoms with van der Waals surface area (Å²) in [5, 5.41) is 1.29. The van der Waals surface area contributed by atoms with E-state index in [4.69, 9.17) is 0 Å². The van der Waals surface area contributed by atoms with Crippen LogP contribution in [0.3, 0.4) is 0 Å². The van der Waals surface area contributed by atoms with Gasteiger partial charge in [-0.15, -0.1) is 11.3 Å². The Bertz CT molecular complexity index is 810. The Morgan fingerprint density at radius 1 is 1.27 bits per heavy atom. The zero-order valence-electron chi connectivity index (χ0n) is 15.9. The van der Waals surface area contributed by atoms with Gasteiger partial charge < -0.3 is 9.80 Å². The first kappa shape index (κ1) is 17.7. The number of piperazine rings is 1. The lowest BCUT2D eigenvalue weighted by Gasteiger charge is -2.35. The maximum Gasteiger partial charge on any atom is 0.236 e. The van der Waals surface area contributed by atoms with Crippen molar-refractivity contribution in [3.63, 3.8) is 0 Å². The fraction of sp³-hybridized carbons (Fsp3) is 0.632. The highest BCUT2D eigenvalue weighted by Crippen LogP contribution is 2.40. The molecule has 3 heterocycles. The fourth-order valence-electron chi connectivity index (χ4n) is 3.95.